The number of nitrogens with zero attached hydrogens (tertiary/aromatic N) is 1. The first-order valence-electron chi connectivity index (χ1n) is 5.81. The Morgan fingerprint density at radius 3 is 2.63 bits per heavy atom. The van der Waals surface area contributed by atoms with Gasteiger partial charge in [-0.05, 0) is 53.3 Å². The summed E-state index contributed by atoms with van der Waals surface area (Å²) < 4.78 is 27.5. The van der Waals surface area contributed by atoms with Crippen molar-refractivity contribution in [2.45, 2.75) is 17.7 Å². The normalized spacial score (nSPS) is 11.6. The van der Waals surface area contributed by atoms with Gasteiger partial charge in [-0.25, -0.2) is 18.1 Å². The zero-order valence-electron chi connectivity index (χ0n) is 10.1. The van der Waals surface area contributed by atoms with Crippen molar-refractivity contribution in [3.8, 4) is 0 Å². The second kappa shape index (κ2) is 6.49. The number of benzene rings is 1. The molecule has 102 valence electrons. The van der Waals surface area contributed by atoms with Crippen LogP contribution in [-0.4, -0.2) is 24.9 Å². The summed E-state index contributed by atoms with van der Waals surface area (Å²) >= 11 is 2.14. The van der Waals surface area contributed by atoms with Gasteiger partial charge in [0.05, 0.1) is 4.90 Å². The lowest BCUT2D eigenvalue weighted by molar-refractivity contribution is 0.578. The summed E-state index contributed by atoms with van der Waals surface area (Å²) in [5, 5.41) is 0. The van der Waals surface area contributed by atoms with E-state index in [4.69, 9.17) is 0 Å². The van der Waals surface area contributed by atoms with E-state index in [0.29, 0.717) is 17.9 Å². The topological polar surface area (TPSA) is 74.8 Å². The number of sulfonamides is 1. The van der Waals surface area contributed by atoms with E-state index in [0.717, 1.165) is 15.8 Å². The van der Waals surface area contributed by atoms with Gasteiger partial charge in [0.25, 0.3) is 0 Å². The molecule has 1 aromatic carbocycles. The van der Waals surface area contributed by atoms with E-state index >= 15 is 0 Å². The molecule has 0 saturated carbocycles. The average molecular weight is 391 g/mol. The third-order valence-electron chi connectivity index (χ3n) is 2.56. The van der Waals surface area contributed by atoms with Gasteiger partial charge in [-0.2, -0.15) is 0 Å². The Morgan fingerprint density at radius 2 is 2.00 bits per heavy atom. The van der Waals surface area contributed by atoms with Crippen LogP contribution in [0.4, 0.5) is 0 Å². The number of aromatic nitrogens is 2. The molecule has 0 aliphatic heterocycles. The van der Waals surface area contributed by atoms with Crippen molar-refractivity contribution in [3.63, 3.8) is 0 Å². The zero-order valence-corrected chi connectivity index (χ0v) is 13.1. The second-order valence-corrected chi connectivity index (χ2v) is 7.00. The number of H-pyrrole nitrogens is 1. The summed E-state index contributed by atoms with van der Waals surface area (Å²) in [6, 6.07) is 6.77. The van der Waals surface area contributed by atoms with Crippen molar-refractivity contribution >= 4 is 32.6 Å². The molecule has 2 rings (SSSR count). The highest BCUT2D eigenvalue weighted by Gasteiger charge is 2.12. The Balaban J connectivity index is 1.86. The lowest BCUT2D eigenvalue weighted by Crippen LogP contribution is -2.25. The Hall–Kier alpha value is -0.930. The minimum atomic E-state index is -3.40. The van der Waals surface area contributed by atoms with E-state index < -0.39 is 10.0 Å². The Kier molecular flexibility index (Phi) is 4.94. The van der Waals surface area contributed by atoms with Crippen LogP contribution in [0.25, 0.3) is 0 Å². The molecule has 7 heteroatoms. The number of hydrogen-bond donors (Lipinski definition) is 2. The number of imidazole rings is 1. The first-order chi connectivity index (χ1) is 9.08. The van der Waals surface area contributed by atoms with Crippen molar-refractivity contribution in [1.29, 1.82) is 0 Å². The number of aromatic amines is 1. The van der Waals surface area contributed by atoms with E-state index in [-0.39, 0.29) is 0 Å². The molecule has 0 unspecified atom stereocenters. The Labute approximate surface area is 126 Å². The van der Waals surface area contributed by atoms with Crippen LogP contribution in [0, 0.1) is 3.57 Å². The molecule has 0 radical (unpaired) electrons. The minimum Gasteiger partial charge on any atom is -0.349 e. The van der Waals surface area contributed by atoms with Crippen LogP contribution in [0.3, 0.4) is 0 Å². The van der Waals surface area contributed by atoms with Crippen LogP contribution in [0.1, 0.15) is 12.2 Å². The quantitative estimate of drug-likeness (QED) is 0.584. The fourth-order valence-electron chi connectivity index (χ4n) is 1.59. The van der Waals surface area contributed by atoms with Gasteiger partial charge in [-0.3, -0.25) is 0 Å². The van der Waals surface area contributed by atoms with Gasteiger partial charge in [0.15, 0.2) is 0 Å². The standard InChI is InChI=1S/C12H14IN3O2S/c13-10-3-5-11(6-4-10)19(17,18)16-7-1-2-12-14-8-9-15-12/h3-6,8-9,16H,1-2,7H2,(H,14,15). The largest absolute Gasteiger partial charge is 0.349 e. The van der Waals surface area contributed by atoms with Gasteiger partial charge in [0, 0.05) is 28.9 Å². The highest BCUT2D eigenvalue weighted by Crippen LogP contribution is 2.11. The molecule has 0 saturated heterocycles. The molecular formula is C12H14IN3O2S. The Bertz CT molecular complexity index is 609. The molecule has 0 atom stereocenters. The lowest BCUT2D eigenvalue weighted by atomic mass is 10.3. The molecule has 2 N–H and O–H groups in total. The summed E-state index contributed by atoms with van der Waals surface area (Å²) in [5.41, 5.74) is 0. The van der Waals surface area contributed by atoms with Crippen LogP contribution >= 0.6 is 22.6 Å². The first kappa shape index (κ1) is 14.5. The van der Waals surface area contributed by atoms with Gasteiger partial charge in [0.2, 0.25) is 10.0 Å². The van der Waals surface area contributed by atoms with Gasteiger partial charge >= 0.3 is 0 Å². The number of nitrogens with one attached hydrogen (secondary N) is 2. The average Bonchev–Trinajstić information content (AvgIpc) is 2.88. The third kappa shape index (κ3) is 4.29. The molecule has 1 aromatic heterocycles. The van der Waals surface area contributed by atoms with Crippen molar-refractivity contribution in [3.05, 3.63) is 46.1 Å². The van der Waals surface area contributed by atoms with E-state index in [2.05, 4.69) is 37.3 Å². The molecule has 2 aromatic rings. The molecule has 1 heterocycles. The summed E-state index contributed by atoms with van der Waals surface area (Å²) in [6.45, 7) is 0.398. The van der Waals surface area contributed by atoms with E-state index in [9.17, 15) is 8.42 Å². The van der Waals surface area contributed by atoms with Crippen molar-refractivity contribution in [2.24, 2.45) is 0 Å². The smallest absolute Gasteiger partial charge is 0.240 e. The van der Waals surface area contributed by atoms with Crippen LogP contribution in [0.5, 0.6) is 0 Å². The third-order valence-corrected chi connectivity index (χ3v) is 4.76. The van der Waals surface area contributed by atoms with Crippen molar-refractivity contribution in [2.75, 3.05) is 6.54 Å². The van der Waals surface area contributed by atoms with Crippen LogP contribution < -0.4 is 4.72 Å². The van der Waals surface area contributed by atoms with Gasteiger partial charge in [-0.1, -0.05) is 0 Å². The molecule has 5 nitrogen and oxygen atoms in total. The highest BCUT2D eigenvalue weighted by molar-refractivity contribution is 14.1. The predicted molar refractivity (Wildman–Crippen MR) is 81.3 cm³/mol. The summed E-state index contributed by atoms with van der Waals surface area (Å²) in [7, 11) is -3.40. The van der Waals surface area contributed by atoms with E-state index in [1.54, 1.807) is 36.7 Å². The van der Waals surface area contributed by atoms with Crippen LogP contribution in [-0.2, 0) is 16.4 Å². The molecule has 0 aliphatic carbocycles. The van der Waals surface area contributed by atoms with Crippen LogP contribution in [0.2, 0.25) is 0 Å². The molecule has 0 spiro atoms. The molecule has 0 amide bonds. The molecule has 19 heavy (non-hydrogen) atoms. The summed E-state index contributed by atoms with van der Waals surface area (Å²) in [6.07, 6.45) is 4.87. The van der Waals surface area contributed by atoms with Gasteiger partial charge < -0.3 is 4.98 Å². The molecule has 0 bridgehead atoms. The molecule has 0 fully saturated rings. The summed E-state index contributed by atoms with van der Waals surface area (Å²) in [4.78, 5) is 7.37. The number of aryl methyl sites for hydroxylation is 1. The zero-order chi connectivity index (χ0) is 13.7. The fourth-order valence-corrected chi connectivity index (χ4v) is 3.03. The van der Waals surface area contributed by atoms with Crippen LogP contribution in [0.15, 0.2) is 41.6 Å². The van der Waals surface area contributed by atoms with Gasteiger partial charge in [-0.15, -0.1) is 0 Å². The summed E-state index contributed by atoms with van der Waals surface area (Å²) in [5.74, 6) is 0.869. The second-order valence-electron chi connectivity index (χ2n) is 3.99. The van der Waals surface area contributed by atoms with E-state index in [1.807, 2.05) is 0 Å². The van der Waals surface area contributed by atoms with Crippen molar-refractivity contribution < 1.29 is 8.42 Å². The molecular weight excluding hydrogens is 377 g/mol. The Morgan fingerprint density at radius 1 is 1.26 bits per heavy atom. The lowest BCUT2D eigenvalue weighted by Gasteiger charge is -2.06. The first-order valence-corrected chi connectivity index (χ1v) is 8.37. The molecule has 0 aliphatic rings. The number of hydrogen-bond acceptors (Lipinski definition) is 3. The highest BCUT2D eigenvalue weighted by atomic mass is 127. The predicted octanol–water partition coefficient (Wildman–Crippen LogP) is 1.93. The maximum atomic E-state index is 12.0. The minimum absolute atomic E-state index is 0.297. The maximum Gasteiger partial charge on any atom is 0.240 e. The SMILES string of the molecule is O=S(=O)(NCCCc1ncc[nH]1)c1ccc(I)cc1. The monoisotopic (exact) mass is 391 g/mol. The van der Waals surface area contributed by atoms with E-state index in [1.165, 1.54) is 0 Å². The number of halogens is 1. The number of rotatable bonds is 6. The van der Waals surface area contributed by atoms with Crippen molar-refractivity contribution in [1.82, 2.24) is 14.7 Å². The fraction of sp³-hybridized carbons (Fsp3) is 0.250. The maximum absolute atomic E-state index is 12.0. The van der Waals surface area contributed by atoms with Gasteiger partial charge in [0.1, 0.15) is 5.82 Å².